The van der Waals surface area contributed by atoms with Gasteiger partial charge in [0.05, 0.1) is 0 Å². The number of terminal acetylenes is 1. The summed E-state index contributed by atoms with van der Waals surface area (Å²) in [5.74, 6) is 1.74. The van der Waals surface area contributed by atoms with E-state index in [4.69, 9.17) is 5.26 Å². The van der Waals surface area contributed by atoms with Crippen molar-refractivity contribution >= 4 is 0 Å². The Morgan fingerprint density at radius 3 is 1.80 bits per heavy atom. The van der Waals surface area contributed by atoms with E-state index in [0.717, 1.165) is 0 Å². The van der Waals surface area contributed by atoms with Crippen LogP contribution in [-0.4, -0.2) is 0 Å². The third-order valence-electron chi connectivity index (χ3n) is 0.0645. The van der Waals surface area contributed by atoms with Crippen LogP contribution in [0.3, 0.4) is 0 Å². The summed E-state index contributed by atoms with van der Waals surface area (Å²) in [5.41, 5.74) is 0. The maximum absolute atomic E-state index is 7.39. The fourth-order valence-corrected chi connectivity index (χ4v) is 0. The molecule has 0 saturated carbocycles. The van der Waals surface area contributed by atoms with Crippen molar-refractivity contribution in [3.05, 3.63) is 0 Å². The molecular weight excluding hydrogens is 90.0 g/mol. The Hall–Kier alpha value is 0.310. The zero-order chi connectivity index (χ0) is 3.41. The fraction of sp³-hybridized carbons (Fsp3) is 0. The van der Waals surface area contributed by atoms with Crippen molar-refractivity contribution in [3.8, 4) is 18.4 Å². The fourth-order valence-electron chi connectivity index (χ4n) is 0. The molecule has 0 N–H and O–H groups in total. The quantitative estimate of drug-likeness (QED) is 0.389. The molecule has 0 fully saturated rings. The van der Waals surface area contributed by atoms with Crippen LogP contribution in [-0.2, 0) is 0 Å². The monoisotopic (exact) mass is 91.0 g/mol. The van der Waals surface area contributed by atoms with Gasteiger partial charge in [0, 0.05) is 43.7 Å². The summed E-state index contributed by atoms with van der Waals surface area (Å²) >= 11 is 0. The van der Waals surface area contributed by atoms with Crippen LogP contribution in [0.1, 0.15) is 0 Å². The van der Waals surface area contributed by atoms with Gasteiger partial charge in [-0.25, -0.2) is 0 Å². The zero-order valence-electron chi connectivity index (χ0n) is 2.38. The van der Waals surface area contributed by atoms with Gasteiger partial charge in [-0.05, 0) is 0 Å². The van der Waals surface area contributed by atoms with Crippen LogP contribution in [0.15, 0.2) is 0 Å². The number of hydrogen-bond acceptors (Lipinski definition) is 1. The summed E-state index contributed by atoms with van der Waals surface area (Å²) in [6.45, 7) is 0. The molecular formula is C3HArN. The molecule has 1 nitrogen and oxygen atoms in total. The summed E-state index contributed by atoms with van der Waals surface area (Å²) in [5, 5.41) is 7.39. The third kappa shape index (κ3) is 13.4. The van der Waals surface area contributed by atoms with Gasteiger partial charge in [0.1, 0.15) is 0 Å². The van der Waals surface area contributed by atoms with Crippen LogP contribution < -0.4 is 0 Å². The van der Waals surface area contributed by atoms with Crippen molar-refractivity contribution in [3.63, 3.8) is 0 Å². The summed E-state index contributed by atoms with van der Waals surface area (Å²) in [7, 11) is 0. The SMILES string of the molecule is C#CC#N.[Ar]. The summed E-state index contributed by atoms with van der Waals surface area (Å²) in [6, 6.07) is 1.46. The molecule has 0 amide bonds. The Morgan fingerprint density at radius 1 is 1.60 bits per heavy atom. The predicted molar refractivity (Wildman–Crippen MR) is 14.4 cm³/mol. The van der Waals surface area contributed by atoms with Crippen molar-refractivity contribution in [2.75, 3.05) is 0 Å². The molecule has 0 aliphatic carbocycles. The molecule has 0 radical (unpaired) electrons. The van der Waals surface area contributed by atoms with Crippen LogP contribution in [0.25, 0.3) is 0 Å². The minimum absolute atomic E-state index is 0. The first kappa shape index (κ1) is 9.00. The van der Waals surface area contributed by atoms with Crippen molar-refractivity contribution < 1.29 is 37.7 Å². The largest absolute Gasteiger partial charge is 0.183 e. The van der Waals surface area contributed by atoms with Crippen LogP contribution in [0.4, 0.5) is 0 Å². The van der Waals surface area contributed by atoms with Gasteiger partial charge in [0.25, 0.3) is 0 Å². The molecule has 2 heteroatoms. The molecule has 0 spiro atoms. The normalized spacial score (nSPS) is 2.00. The molecule has 5 heavy (non-hydrogen) atoms. The molecule has 26 valence electrons. The molecule has 0 saturated heterocycles. The minimum atomic E-state index is 0. The van der Waals surface area contributed by atoms with Crippen LogP contribution in [0, 0.1) is 61.4 Å². The standard InChI is InChI=1S/C3HN.Ar/c1-2-3-4;/h1H;. The van der Waals surface area contributed by atoms with E-state index < -0.39 is 0 Å². The predicted octanol–water partition coefficient (Wildman–Crippen LogP) is 0.143. The second-order valence-electron chi connectivity index (χ2n) is 0.256. The first-order valence-corrected chi connectivity index (χ1v) is 0.762. The Bertz CT molecular complexity index is 61.9. The van der Waals surface area contributed by atoms with Crippen molar-refractivity contribution in [2.45, 2.75) is 0 Å². The molecule has 0 bridgehead atoms. The Kier molecular flexibility index (Phi) is 15.9. The van der Waals surface area contributed by atoms with Crippen molar-refractivity contribution in [1.82, 2.24) is 0 Å². The first-order chi connectivity index (χ1) is 1.91. The second kappa shape index (κ2) is 8.85. The topological polar surface area (TPSA) is 23.8 Å². The van der Waals surface area contributed by atoms with Crippen LogP contribution in [0.2, 0.25) is 0 Å². The van der Waals surface area contributed by atoms with E-state index in [1.807, 2.05) is 0 Å². The molecule has 0 aliphatic rings. The van der Waals surface area contributed by atoms with E-state index in [0.29, 0.717) is 0 Å². The van der Waals surface area contributed by atoms with Gasteiger partial charge in [-0.1, -0.05) is 0 Å². The van der Waals surface area contributed by atoms with Gasteiger partial charge in [0.2, 0.25) is 0 Å². The molecule has 0 heterocycles. The zero-order valence-corrected chi connectivity index (χ0v) is 3.09. The average molecular weight is 91.0 g/mol. The number of nitrogens with zero attached hydrogens (tertiary/aromatic N) is 1. The van der Waals surface area contributed by atoms with Crippen LogP contribution in [0.5, 0.6) is 0 Å². The van der Waals surface area contributed by atoms with Gasteiger partial charge in [0.15, 0.2) is 6.07 Å². The van der Waals surface area contributed by atoms with E-state index in [-0.39, 0.29) is 37.7 Å². The third-order valence-corrected chi connectivity index (χ3v) is 0.0645. The number of hydrogen-bond donors (Lipinski definition) is 0. The van der Waals surface area contributed by atoms with E-state index in [9.17, 15) is 0 Å². The smallest absolute Gasteiger partial charge is 0.152 e. The summed E-state index contributed by atoms with van der Waals surface area (Å²) in [4.78, 5) is 0. The number of rotatable bonds is 0. The Morgan fingerprint density at radius 2 is 1.80 bits per heavy atom. The van der Waals surface area contributed by atoms with E-state index in [1.165, 1.54) is 6.07 Å². The van der Waals surface area contributed by atoms with Gasteiger partial charge < -0.3 is 0 Å². The van der Waals surface area contributed by atoms with Gasteiger partial charge in [-0.3, -0.25) is 0 Å². The van der Waals surface area contributed by atoms with E-state index in [1.54, 1.807) is 5.92 Å². The molecule has 0 aromatic rings. The van der Waals surface area contributed by atoms with Crippen molar-refractivity contribution in [1.29, 1.82) is 5.26 Å². The van der Waals surface area contributed by atoms with E-state index >= 15 is 0 Å². The summed E-state index contributed by atoms with van der Waals surface area (Å²) in [6.07, 6.45) is 4.42. The van der Waals surface area contributed by atoms with Gasteiger partial charge >= 0.3 is 0 Å². The van der Waals surface area contributed by atoms with Gasteiger partial charge in [-0.2, -0.15) is 5.26 Å². The maximum Gasteiger partial charge on any atom is 0.152 e. The molecule has 0 rings (SSSR count). The van der Waals surface area contributed by atoms with Gasteiger partial charge in [-0.15, -0.1) is 6.42 Å². The average Bonchev–Trinajstić information content (AvgIpc) is 1.37. The Balaban J connectivity index is 0. The van der Waals surface area contributed by atoms with E-state index in [2.05, 4.69) is 6.42 Å². The molecule has 0 atom stereocenters. The summed E-state index contributed by atoms with van der Waals surface area (Å²) < 4.78 is 0. The molecule has 0 unspecified atom stereocenters. The Labute approximate surface area is 61.0 Å². The maximum atomic E-state index is 7.39. The number of nitriles is 1. The van der Waals surface area contributed by atoms with Crippen molar-refractivity contribution in [2.24, 2.45) is 0 Å². The first-order valence-electron chi connectivity index (χ1n) is 0.762. The molecule has 0 aromatic carbocycles. The van der Waals surface area contributed by atoms with Crippen LogP contribution >= 0.6 is 0 Å². The molecule has 0 aromatic heterocycles. The molecule has 0 aliphatic heterocycles. The minimum Gasteiger partial charge on any atom is -0.183 e. The second-order valence-corrected chi connectivity index (χ2v) is 0.256.